The molecule has 0 aromatic heterocycles. The van der Waals surface area contributed by atoms with Crippen LogP contribution in [0.2, 0.25) is 0 Å². The summed E-state index contributed by atoms with van der Waals surface area (Å²) in [7, 11) is 0. The van der Waals surface area contributed by atoms with E-state index in [2.05, 4.69) is 5.10 Å². The van der Waals surface area contributed by atoms with Gasteiger partial charge in [0.1, 0.15) is 18.6 Å². The van der Waals surface area contributed by atoms with Crippen LogP contribution >= 0.6 is 0 Å². The van der Waals surface area contributed by atoms with Crippen molar-refractivity contribution in [2.75, 3.05) is 24.5 Å². The molecular formula is C28H21F4N4O5+. The molecule has 1 fully saturated rings. The van der Waals surface area contributed by atoms with Gasteiger partial charge in [-0.3, -0.25) is 14.4 Å². The highest BCUT2D eigenvalue weighted by molar-refractivity contribution is 6.37. The first-order valence-corrected chi connectivity index (χ1v) is 12.3. The summed E-state index contributed by atoms with van der Waals surface area (Å²) in [4.78, 5) is 57.9. The minimum absolute atomic E-state index is 0.0503. The third kappa shape index (κ3) is 5.43. The lowest BCUT2D eigenvalue weighted by molar-refractivity contribution is -0.237. The van der Waals surface area contributed by atoms with E-state index in [0.29, 0.717) is 5.69 Å². The monoisotopic (exact) mass is 569 g/mol. The molecule has 0 spiro atoms. The number of hydroxylamine groups is 1. The summed E-state index contributed by atoms with van der Waals surface area (Å²) in [6.07, 6.45) is -4.64. The maximum atomic E-state index is 14.9. The molecule has 0 N–H and O–H groups in total. The average Bonchev–Trinajstić information content (AvgIpc) is 2.96. The zero-order valence-electron chi connectivity index (χ0n) is 21.2. The number of hydrogen-bond donors (Lipinski definition) is 0. The van der Waals surface area contributed by atoms with Crippen LogP contribution < -0.4 is 9.66 Å². The predicted molar refractivity (Wildman–Crippen MR) is 138 cm³/mol. The number of carbonyl (C=O) groups excluding carboxylic acids is 4. The molecule has 3 aromatic carbocycles. The lowest BCUT2D eigenvalue weighted by Crippen LogP contribution is -2.52. The van der Waals surface area contributed by atoms with Crippen LogP contribution in [0.1, 0.15) is 26.3 Å². The van der Waals surface area contributed by atoms with Crippen LogP contribution in [0, 0.1) is 5.82 Å². The Morgan fingerprint density at radius 2 is 1.66 bits per heavy atom. The standard InChI is InChI=1S/C28H21F4N4O5/c29-22-11-10-18(14-21(22)26(39)34-12-13-35(25(38)16-34)19-6-2-1-3-7-19)17-36(41-27(40)28(30,31)32)23-9-5-4-8-20(23)24(37)15-33-36/h1-11,14-15H,12-13,16-17H2/q+1. The summed E-state index contributed by atoms with van der Waals surface area (Å²) in [5, 5.41) is 3.85. The minimum Gasteiger partial charge on any atom is -0.327 e. The molecule has 2 amide bonds. The number of nitrogens with zero attached hydrogens (tertiary/aromatic N) is 4. The van der Waals surface area contributed by atoms with Gasteiger partial charge in [-0.25, -0.2) is 14.0 Å². The van der Waals surface area contributed by atoms with Gasteiger partial charge in [-0.05, 0) is 35.4 Å². The third-order valence-corrected chi connectivity index (χ3v) is 6.61. The number of para-hydroxylation sites is 2. The van der Waals surface area contributed by atoms with Crippen LogP contribution in [0.4, 0.5) is 28.9 Å². The van der Waals surface area contributed by atoms with Crippen molar-refractivity contribution in [2.24, 2.45) is 5.10 Å². The van der Waals surface area contributed by atoms with Crippen molar-refractivity contribution in [3.63, 3.8) is 0 Å². The van der Waals surface area contributed by atoms with Crippen molar-refractivity contribution in [3.8, 4) is 0 Å². The van der Waals surface area contributed by atoms with Gasteiger partial charge in [0.2, 0.25) is 17.4 Å². The Labute approximate surface area is 230 Å². The molecule has 0 aliphatic carbocycles. The van der Waals surface area contributed by atoms with Crippen LogP contribution in [-0.2, 0) is 21.0 Å². The molecule has 0 radical (unpaired) electrons. The fourth-order valence-electron chi connectivity index (χ4n) is 4.66. The number of halogens is 4. The fraction of sp³-hybridized carbons (Fsp3) is 0.179. The number of ketones is 1. The maximum Gasteiger partial charge on any atom is 0.497 e. The quantitative estimate of drug-likeness (QED) is 0.342. The Kier molecular flexibility index (Phi) is 7.13. The van der Waals surface area contributed by atoms with Gasteiger partial charge in [0.15, 0.2) is 6.54 Å². The summed E-state index contributed by atoms with van der Waals surface area (Å²) >= 11 is 0. The van der Waals surface area contributed by atoms with Crippen molar-refractivity contribution in [2.45, 2.75) is 12.7 Å². The van der Waals surface area contributed by atoms with Crippen LogP contribution in [0.3, 0.4) is 0 Å². The Hall–Kier alpha value is -4.91. The second-order valence-electron chi connectivity index (χ2n) is 9.28. The predicted octanol–water partition coefficient (Wildman–Crippen LogP) is 4.02. The topological polar surface area (TPSA) is 96.4 Å². The average molecular weight is 569 g/mol. The molecule has 1 unspecified atom stereocenters. The molecule has 5 rings (SSSR count). The van der Waals surface area contributed by atoms with E-state index in [-0.39, 0.29) is 42.4 Å². The number of alkyl halides is 3. The van der Waals surface area contributed by atoms with E-state index >= 15 is 0 Å². The molecule has 0 saturated carbocycles. The number of amides is 2. The zero-order chi connectivity index (χ0) is 29.4. The van der Waals surface area contributed by atoms with Crippen molar-refractivity contribution >= 4 is 41.2 Å². The van der Waals surface area contributed by atoms with Crippen LogP contribution in [0.25, 0.3) is 0 Å². The molecule has 0 bridgehead atoms. The largest absolute Gasteiger partial charge is 0.497 e. The number of fused-ring (bicyclic) bond motifs is 1. The summed E-state index contributed by atoms with van der Waals surface area (Å²) in [6, 6.07) is 17.6. The summed E-state index contributed by atoms with van der Waals surface area (Å²) < 4.78 is 53.1. The number of benzene rings is 3. The number of hydrogen-bond acceptors (Lipinski definition) is 6. The van der Waals surface area contributed by atoms with Gasteiger partial charge in [-0.2, -0.15) is 13.2 Å². The molecule has 1 atom stereocenters. The molecule has 2 heterocycles. The highest BCUT2D eigenvalue weighted by Crippen LogP contribution is 2.36. The van der Waals surface area contributed by atoms with Crippen LogP contribution in [0.5, 0.6) is 0 Å². The number of piperazine rings is 1. The number of carbonyl (C=O) groups is 4. The van der Waals surface area contributed by atoms with E-state index in [9.17, 15) is 36.7 Å². The van der Waals surface area contributed by atoms with Crippen molar-refractivity contribution < 1.29 is 41.6 Å². The highest BCUT2D eigenvalue weighted by Gasteiger charge is 2.52. The Morgan fingerprint density at radius 3 is 2.37 bits per heavy atom. The summed E-state index contributed by atoms with van der Waals surface area (Å²) in [5.41, 5.74) is 0.0820. The number of anilines is 1. The third-order valence-electron chi connectivity index (χ3n) is 6.61. The van der Waals surface area contributed by atoms with Gasteiger partial charge < -0.3 is 9.80 Å². The smallest absolute Gasteiger partial charge is 0.327 e. The molecule has 2 aliphatic rings. The van der Waals surface area contributed by atoms with E-state index in [0.717, 1.165) is 18.3 Å². The first-order chi connectivity index (χ1) is 19.5. The van der Waals surface area contributed by atoms with Crippen LogP contribution in [-0.4, -0.2) is 60.5 Å². The Bertz CT molecular complexity index is 1580. The lowest BCUT2D eigenvalue weighted by Gasteiger charge is -2.34. The second kappa shape index (κ2) is 10.6. The van der Waals surface area contributed by atoms with E-state index in [4.69, 9.17) is 4.84 Å². The summed E-state index contributed by atoms with van der Waals surface area (Å²) in [5.74, 6) is -5.28. The highest BCUT2D eigenvalue weighted by atomic mass is 19.4. The first kappa shape index (κ1) is 27.6. The lowest BCUT2D eigenvalue weighted by atomic mass is 10.0. The molecule has 3 aromatic rings. The van der Waals surface area contributed by atoms with Gasteiger partial charge in [0.25, 0.3) is 5.91 Å². The molecule has 1 saturated heterocycles. The SMILES string of the molecule is O=C1C=N[N+](Cc2ccc(F)c(C(=O)N3CCN(c4ccccc4)C(=O)C3)c2)(OC(=O)C(F)(F)F)c2ccccc21. The number of Topliss-reactive ketones (excluding diaryl/α,β-unsaturated/α-hetero) is 1. The van der Waals surface area contributed by atoms with Crippen LogP contribution in [0.15, 0.2) is 77.9 Å². The van der Waals surface area contributed by atoms with Crippen molar-refractivity contribution in [1.29, 1.82) is 0 Å². The molecule has 210 valence electrons. The molecular weight excluding hydrogens is 548 g/mol. The van der Waals surface area contributed by atoms with Gasteiger partial charge in [-0.1, -0.05) is 36.4 Å². The summed E-state index contributed by atoms with van der Waals surface area (Å²) in [6.45, 7) is -0.654. The Balaban J connectivity index is 1.44. The van der Waals surface area contributed by atoms with Gasteiger partial charge in [0, 0.05) is 35.2 Å². The van der Waals surface area contributed by atoms with E-state index in [1.165, 1.54) is 40.1 Å². The number of quaternary nitrogens is 1. The van der Waals surface area contributed by atoms with Crippen molar-refractivity contribution in [3.05, 3.63) is 95.3 Å². The van der Waals surface area contributed by atoms with E-state index in [1.54, 1.807) is 30.3 Å². The fourth-order valence-corrected chi connectivity index (χ4v) is 4.66. The minimum atomic E-state index is -5.38. The molecule has 13 heteroatoms. The molecule has 2 aliphatic heterocycles. The second-order valence-corrected chi connectivity index (χ2v) is 9.28. The van der Waals surface area contributed by atoms with E-state index in [1.807, 2.05) is 0 Å². The molecule has 9 nitrogen and oxygen atoms in total. The maximum absolute atomic E-state index is 14.9. The first-order valence-electron chi connectivity index (χ1n) is 12.3. The number of rotatable bonds is 5. The normalized spacial score (nSPS) is 18.7. The van der Waals surface area contributed by atoms with Crippen molar-refractivity contribution in [1.82, 2.24) is 9.66 Å². The van der Waals surface area contributed by atoms with E-state index < -0.39 is 46.5 Å². The van der Waals surface area contributed by atoms with Gasteiger partial charge in [-0.15, -0.1) is 0 Å². The molecule has 41 heavy (non-hydrogen) atoms. The van der Waals surface area contributed by atoms with Gasteiger partial charge in [0.05, 0.1) is 11.1 Å². The zero-order valence-corrected chi connectivity index (χ0v) is 21.2. The Morgan fingerprint density at radius 1 is 0.951 bits per heavy atom. The van der Waals surface area contributed by atoms with Gasteiger partial charge >= 0.3 is 12.1 Å².